The smallest absolute Gasteiger partial charge is 0.273 e. The molecule has 0 bridgehead atoms. The number of carbonyl (C=O) groups excluding carboxylic acids is 1. The molecule has 102 valence electrons. The van der Waals surface area contributed by atoms with Crippen LogP contribution in [-0.2, 0) is 11.2 Å². The van der Waals surface area contributed by atoms with Crippen LogP contribution in [0.4, 0.5) is 11.4 Å². The third-order valence-corrected chi connectivity index (χ3v) is 2.96. The molecule has 0 radical (unpaired) electrons. The topological polar surface area (TPSA) is 72.2 Å². The van der Waals surface area contributed by atoms with Gasteiger partial charge in [0, 0.05) is 17.3 Å². The van der Waals surface area contributed by atoms with Gasteiger partial charge in [-0.2, -0.15) is 0 Å². The first kappa shape index (κ1) is 13.7. The number of hydrogen-bond donors (Lipinski definition) is 1. The molecule has 2 aromatic rings. The first-order chi connectivity index (χ1) is 9.58. The minimum Gasteiger partial charge on any atom is -0.326 e. The Labute approximate surface area is 116 Å². The van der Waals surface area contributed by atoms with Crippen LogP contribution in [0.3, 0.4) is 0 Å². The molecule has 0 aliphatic heterocycles. The molecule has 0 atom stereocenters. The van der Waals surface area contributed by atoms with Gasteiger partial charge in [-0.1, -0.05) is 36.4 Å². The number of para-hydroxylation sites is 2. The highest BCUT2D eigenvalue weighted by atomic mass is 16.6. The van der Waals surface area contributed by atoms with Gasteiger partial charge < -0.3 is 5.32 Å². The van der Waals surface area contributed by atoms with Crippen molar-refractivity contribution >= 4 is 17.3 Å². The molecular weight excluding hydrogens is 256 g/mol. The molecule has 2 rings (SSSR count). The van der Waals surface area contributed by atoms with Gasteiger partial charge in [0.05, 0.1) is 11.3 Å². The second-order valence-electron chi connectivity index (χ2n) is 4.43. The number of anilines is 1. The lowest BCUT2D eigenvalue weighted by atomic mass is 10.1. The summed E-state index contributed by atoms with van der Waals surface area (Å²) in [6.07, 6.45) is -0.0223. The van der Waals surface area contributed by atoms with E-state index in [1.807, 2.05) is 25.1 Å². The SMILES string of the molecule is Cc1ccccc1NC(=O)Cc1ccccc1[N+](=O)[O-]. The molecule has 5 nitrogen and oxygen atoms in total. The summed E-state index contributed by atoms with van der Waals surface area (Å²) in [6, 6.07) is 13.7. The van der Waals surface area contributed by atoms with Gasteiger partial charge in [0.2, 0.25) is 5.91 Å². The lowest BCUT2D eigenvalue weighted by molar-refractivity contribution is -0.385. The number of benzene rings is 2. The predicted octanol–water partition coefficient (Wildman–Crippen LogP) is 3.08. The Morgan fingerprint density at radius 2 is 1.80 bits per heavy atom. The standard InChI is InChI=1S/C15H14N2O3/c1-11-6-2-4-8-13(11)16-15(18)10-12-7-3-5-9-14(12)17(19)20/h2-9H,10H2,1H3,(H,16,18). The summed E-state index contributed by atoms with van der Waals surface area (Å²) in [7, 11) is 0. The fourth-order valence-corrected chi connectivity index (χ4v) is 1.92. The van der Waals surface area contributed by atoms with E-state index in [2.05, 4.69) is 5.32 Å². The van der Waals surface area contributed by atoms with E-state index in [1.165, 1.54) is 6.07 Å². The summed E-state index contributed by atoms with van der Waals surface area (Å²) in [6.45, 7) is 1.89. The van der Waals surface area contributed by atoms with Crippen LogP contribution in [0.5, 0.6) is 0 Å². The third kappa shape index (κ3) is 3.20. The van der Waals surface area contributed by atoms with Crippen LogP contribution >= 0.6 is 0 Å². The Morgan fingerprint density at radius 3 is 2.50 bits per heavy atom. The van der Waals surface area contributed by atoms with E-state index in [-0.39, 0.29) is 18.0 Å². The number of aryl methyl sites for hydroxylation is 1. The number of nitro groups is 1. The van der Waals surface area contributed by atoms with Crippen molar-refractivity contribution in [1.82, 2.24) is 0 Å². The Bertz CT molecular complexity index is 653. The van der Waals surface area contributed by atoms with Crippen LogP contribution in [0.15, 0.2) is 48.5 Å². The average Bonchev–Trinajstić information content (AvgIpc) is 2.41. The maximum atomic E-state index is 12.0. The summed E-state index contributed by atoms with van der Waals surface area (Å²) in [4.78, 5) is 22.4. The van der Waals surface area contributed by atoms with Gasteiger partial charge in [-0.15, -0.1) is 0 Å². The molecule has 0 aliphatic carbocycles. The van der Waals surface area contributed by atoms with Crippen molar-refractivity contribution < 1.29 is 9.72 Å². The van der Waals surface area contributed by atoms with Crippen LogP contribution in [-0.4, -0.2) is 10.8 Å². The van der Waals surface area contributed by atoms with E-state index in [1.54, 1.807) is 24.3 Å². The van der Waals surface area contributed by atoms with Gasteiger partial charge in [-0.05, 0) is 18.6 Å². The van der Waals surface area contributed by atoms with Crippen molar-refractivity contribution in [3.8, 4) is 0 Å². The summed E-state index contributed by atoms with van der Waals surface area (Å²) < 4.78 is 0. The highest BCUT2D eigenvalue weighted by Crippen LogP contribution is 2.19. The zero-order chi connectivity index (χ0) is 14.5. The maximum absolute atomic E-state index is 12.0. The van der Waals surface area contributed by atoms with Crippen molar-refractivity contribution in [2.45, 2.75) is 13.3 Å². The number of carbonyl (C=O) groups is 1. The molecule has 0 saturated heterocycles. The van der Waals surface area contributed by atoms with E-state index in [0.717, 1.165) is 11.3 Å². The summed E-state index contributed by atoms with van der Waals surface area (Å²) >= 11 is 0. The van der Waals surface area contributed by atoms with Crippen molar-refractivity contribution in [3.63, 3.8) is 0 Å². The number of nitro benzene ring substituents is 1. The highest BCUT2D eigenvalue weighted by Gasteiger charge is 2.15. The summed E-state index contributed by atoms with van der Waals surface area (Å²) in [5.74, 6) is -0.270. The molecule has 0 unspecified atom stereocenters. The minimum atomic E-state index is -0.476. The van der Waals surface area contributed by atoms with Crippen molar-refractivity contribution in [2.75, 3.05) is 5.32 Å². The first-order valence-electron chi connectivity index (χ1n) is 6.15. The lowest BCUT2D eigenvalue weighted by Crippen LogP contribution is -2.15. The van der Waals surface area contributed by atoms with E-state index >= 15 is 0 Å². The van der Waals surface area contributed by atoms with E-state index in [9.17, 15) is 14.9 Å². The van der Waals surface area contributed by atoms with E-state index in [4.69, 9.17) is 0 Å². The zero-order valence-corrected chi connectivity index (χ0v) is 11.0. The maximum Gasteiger partial charge on any atom is 0.273 e. The Kier molecular flexibility index (Phi) is 4.10. The fourth-order valence-electron chi connectivity index (χ4n) is 1.92. The number of rotatable bonds is 4. The number of nitrogens with zero attached hydrogens (tertiary/aromatic N) is 1. The Hall–Kier alpha value is -2.69. The lowest BCUT2D eigenvalue weighted by Gasteiger charge is -2.08. The molecular formula is C15H14N2O3. The third-order valence-electron chi connectivity index (χ3n) is 2.96. The Morgan fingerprint density at radius 1 is 1.15 bits per heavy atom. The second-order valence-corrected chi connectivity index (χ2v) is 4.43. The quantitative estimate of drug-likeness (QED) is 0.685. The van der Waals surface area contributed by atoms with Crippen LogP contribution in [0.2, 0.25) is 0 Å². The molecule has 0 heterocycles. The van der Waals surface area contributed by atoms with Crippen LogP contribution < -0.4 is 5.32 Å². The van der Waals surface area contributed by atoms with Gasteiger partial charge in [0.25, 0.3) is 5.69 Å². The predicted molar refractivity (Wildman–Crippen MR) is 76.6 cm³/mol. The summed E-state index contributed by atoms with van der Waals surface area (Å²) in [5.41, 5.74) is 2.04. The highest BCUT2D eigenvalue weighted by molar-refractivity contribution is 5.93. The van der Waals surface area contributed by atoms with Crippen molar-refractivity contribution in [2.24, 2.45) is 0 Å². The van der Waals surface area contributed by atoms with Crippen LogP contribution in [0.1, 0.15) is 11.1 Å². The first-order valence-corrected chi connectivity index (χ1v) is 6.15. The molecule has 1 amide bonds. The van der Waals surface area contributed by atoms with Gasteiger partial charge in [0.15, 0.2) is 0 Å². The van der Waals surface area contributed by atoms with Gasteiger partial charge in [-0.3, -0.25) is 14.9 Å². The number of amides is 1. The molecule has 0 aromatic heterocycles. The fraction of sp³-hybridized carbons (Fsp3) is 0.133. The molecule has 5 heteroatoms. The molecule has 0 fully saturated rings. The average molecular weight is 270 g/mol. The normalized spacial score (nSPS) is 10.1. The minimum absolute atomic E-state index is 0.0223. The monoisotopic (exact) mass is 270 g/mol. The molecule has 0 spiro atoms. The largest absolute Gasteiger partial charge is 0.326 e. The molecule has 0 aliphatic rings. The molecule has 2 aromatic carbocycles. The van der Waals surface area contributed by atoms with Crippen molar-refractivity contribution in [3.05, 3.63) is 69.8 Å². The Balaban J connectivity index is 2.13. The van der Waals surface area contributed by atoms with Gasteiger partial charge in [-0.25, -0.2) is 0 Å². The van der Waals surface area contributed by atoms with Gasteiger partial charge >= 0.3 is 0 Å². The molecule has 1 N–H and O–H groups in total. The van der Waals surface area contributed by atoms with Crippen LogP contribution in [0, 0.1) is 17.0 Å². The van der Waals surface area contributed by atoms with Crippen LogP contribution in [0.25, 0.3) is 0 Å². The van der Waals surface area contributed by atoms with E-state index in [0.29, 0.717) is 5.56 Å². The second kappa shape index (κ2) is 5.97. The number of hydrogen-bond acceptors (Lipinski definition) is 3. The van der Waals surface area contributed by atoms with E-state index < -0.39 is 4.92 Å². The summed E-state index contributed by atoms with van der Waals surface area (Å²) in [5, 5.41) is 13.7. The van der Waals surface area contributed by atoms with Gasteiger partial charge in [0.1, 0.15) is 0 Å². The van der Waals surface area contributed by atoms with Crippen molar-refractivity contribution in [1.29, 1.82) is 0 Å². The molecule has 0 saturated carbocycles. The molecule has 20 heavy (non-hydrogen) atoms. The zero-order valence-electron chi connectivity index (χ0n) is 11.0. The number of nitrogens with one attached hydrogen (secondary N) is 1.